The van der Waals surface area contributed by atoms with Gasteiger partial charge in [-0.2, -0.15) is 17.2 Å². The van der Waals surface area contributed by atoms with Crippen LogP contribution in [0.5, 0.6) is 11.5 Å². The molecular formula is C43H42N4OPt. The average Bonchev–Trinajstić information content (AvgIpc) is 3.70. The van der Waals surface area contributed by atoms with Crippen LogP contribution in [-0.2, 0) is 33.9 Å². The molecule has 250 valence electrons. The molecule has 6 heteroatoms. The standard InChI is InChI=1S/C43H42N4O.Pt/c1-6-8-15-36-30(4)24-31(5)37(16-9-7-2)43(36)32-27-45-46(28-32)33-13-12-14-34(25-33)48-35-19-20-39-38-17-10-11-18-40(38)47(41(39)26-35)42-23-29(3)21-22-44-42;/h10-14,17-24,27-28H,6-9,15-16H2,1-5H3;/q-2;+2. The van der Waals surface area contributed by atoms with E-state index in [0.29, 0.717) is 11.5 Å². The smallest absolute Gasteiger partial charge is 0.509 e. The van der Waals surface area contributed by atoms with Crippen LogP contribution in [0.25, 0.3) is 44.4 Å². The summed E-state index contributed by atoms with van der Waals surface area (Å²) < 4.78 is 10.5. The van der Waals surface area contributed by atoms with Gasteiger partial charge in [0.05, 0.1) is 6.20 Å². The molecule has 3 aromatic heterocycles. The molecule has 0 bridgehead atoms. The van der Waals surface area contributed by atoms with Crippen LogP contribution < -0.4 is 4.74 Å². The Labute approximate surface area is 304 Å². The fourth-order valence-corrected chi connectivity index (χ4v) is 6.92. The normalized spacial score (nSPS) is 11.3. The summed E-state index contributed by atoms with van der Waals surface area (Å²) in [5, 5.41) is 7.10. The van der Waals surface area contributed by atoms with Gasteiger partial charge in [0, 0.05) is 35.0 Å². The number of fused-ring (bicyclic) bond motifs is 3. The van der Waals surface area contributed by atoms with Gasteiger partial charge in [0.15, 0.2) is 0 Å². The largest absolute Gasteiger partial charge is 2.00 e. The third-order valence-electron chi connectivity index (χ3n) is 9.33. The summed E-state index contributed by atoms with van der Waals surface area (Å²) in [5.41, 5.74) is 12.2. The van der Waals surface area contributed by atoms with Crippen molar-refractivity contribution in [2.45, 2.75) is 73.1 Å². The van der Waals surface area contributed by atoms with E-state index in [0.717, 1.165) is 57.3 Å². The zero-order valence-electron chi connectivity index (χ0n) is 28.9. The van der Waals surface area contributed by atoms with Crippen molar-refractivity contribution in [3.63, 3.8) is 0 Å². The van der Waals surface area contributed by atoms with E-state index < -0.39 is 0 Å². The van der Waals surface area contributed by atoms with Gasteiger partial charge in [0.2, 0.25) is 0 Å². The number of hydrogen-bond donors (Lipinski definition) is 0. The minimum absolute atomic E-state index is 0. The van der Waals surface area contributed by atoms with Crippen molar-refractivity contribution in [2.24, 2.45) is 0 Å². The van der Waals surface area contributed by atoms with Crippen molar-refractivity contribution in [1.29, 1.82) is 0 Å². The Hall–Kier alpha value is -4.47. The molecule has 7 aromatic rings. The van der Waals surface area contributed by atoms with Crippen LogP contribution in [0.15, 0.2) is 91.4 Å². The van der Waals surface area contributed by atoms with E-state index in [1.807, 2.05) is 47.4 Å². The minimum atomic E-state index is 0. The second-order valence-corrected chi connectivity index (χ2v) is 12.9. The third-order valence-corrected chi connectivity index (χ3v) is 9.33. The first-order valence-electron chi connectivity index (χ1n) is 17.2. The molecule has 0 amide bonds. The minimum Gasteiger partial charge on any atom is -0.509 e. The molecule has 49 heavy (non-hydrogen) atoms. The fourth-order valence-electron chi connectivity index (χ4n) is 6.92. The van der Waals surface area contributed by atoms with E-state index in [9.17, 15) is 0 Å². The predicted octanol–water partition coefficient (Wildman–Crippen LogP) is 11.0. The zero-order chi connectivity index (χ0) is 33.2. The molecule has 0 saturated carbocycles. The van der Waals surface area contributed by atoms with Crippen LogP contribution >= 0.6 is 0 Å². The van der Waals surface area contributed by atoms with Gasteiger partial charge in [0.25, 0.3) is 0 Å². The van der Waals surface area contributed by atoms with Crippen LogP contribution in [0.1, 0.15) is 67.3 Å². The molecule has 0 radical (unpaired) electrons. The van der Waals surface area contributed by atoms with E-state index in [4.69, 9.17) is 14.8 Å². The predicted molar refractivity (Wildman–Crippen MR) is 197 cm³/mol. The molecule has 0 atom stereocenters. The molecule has 0 fully saturated rings. The van der Waals surface area contributed by atoms with Crippen LogP contribution in [0, 0.1) is 32.9 Å². The number of ether oxygens (including phenoxy) is 1. The van der Waals surface area contributed by atoms with Gasteiger partial charge in [0.1, 0.15) is 5.82 Å². The second-order valence-electron chi connectivity index (χ2n) is 12.9. The van der Waals surface area contributed by atoms with Crippen LogP contribution in [0.3, 0.4) is 0 Å². The Morgan fingerprint density at radius 3 is 2.22 bits per heavy atom. The van der Waals surface area contributed by atoms with E-state index >= 15 is 0 Å². The molecular weight excluding hydrogens is 784 g/mol. The summed E-state index contributed by atoms with van der Waals surface area (Å²) in [6.45, 7) is 11.1. The number of para-hydroxylation sites is 1. The first kappa shape index (κ1) is 34.4. The molecule has 5 nitrogen and oxygen atoms in total. The van der Waals surface area contributed by atoms with Crippen molar-refractivity contribution < 1.29 is 25.8 Å². The van der Waals surface area contributed by atoms with Gasteiger partial charge >= 0.3 is 21.1 Å². The average molecular weight is 826 g/mol. The Balaban J connectivity index is 0.00000417. The van der Waals surface area contributed by atoms with Crippen molar-refractivity contribution in [3.8, 4) is 34.1 Å². The second kappa shape index (κ2) is 15.0. The maximum atomic E-state index is 6.42. The monoisotopic (exact) mass is 825 g/mol. The molecule has 0 saturated heterocycles. The summed E-state index contributed by atoms with van der Waals surface area (Å²) >= 11 is 0. The van der Waals surface area contributed by atoms with Crippen LogP contribution in [0.4, 0.5) is 0 Å². The quantitative estimate of drug-likeness (QED) is 0.122. The van der Waals surface area contributed by atoms with Gasteiger partial charge in [-0.3, -0.25) is 4.68 Å². The van der Waals surface area contributed by atoms with Crippen molar-refractivity contribution >= 4 is 21.8 Å². The summed E-state index contributed by atoms with van der Waals surface area (Å²) in [6, 6.07) is 31.9. The zero-order valence-corrected chi connectivity index (χ0v) is 31.2. The molecule has 0 aliphatic heterocycles. The topological polar surface area (TPSA) is 44.9 Å². The van der Waals surface area contributed by atoms with Gasteiger partial charge in [-0.05, 0) is 109 Å². The first-order chi connectivity index (χ1) is 23.4. The van der Waals surface area contributed by atoms with E-state index in [-0.39, 0.29) is 21.1 Å². The van der Waals surface area contributed by atoms with Gasteiger partial charge in [-0.25, -0.2) is 4.98 Å². The number of aromatic nitrogens is 4. The van der Waals surface area contributed by atoms with Crippen molar-refractivity contribution in [1.82, 2.24) is 19.3 Å². The summed E-state index contributed by atoms with van der Waals surface area (Å²) in [6.07, 6.45) is 12.9. The number of unbranched alkanes of at least 4 members (excludes halogenated alkanes) is 2. The first-order valence-corrected chi connectivity index (χ1v) is 17.2. The number of benzene rings is 4. The number of rotatable bonds is 11. The number of nitrogens with zero attached hydrogens (tertiary/aromatic N) is 4. The Kier molecular flexibility index (Phi) is 10.5. The fraction of sp³-hybridized carbons (Fsp3) is 0.256. The van der Waals surface area contributed by atoms with Gasteiger partial charge in [-0.15, -0.1) is 35.7 Å². The van der Waals surface area contributed by atoms with E-state index in [1.165, 1.54) is 53.5 Å². The maximum Gasteiger partial charge on any atom is 2.00 e. The Bertz CT molecular complexity index is 2210. The van der Waals surface area contributed by atoms with Crippen LogP contribution in [-0.4, -0.2) is 19.3 Å². The molecule has 0 aliphatic carbocycles. The summed E-state index contributed by atoms with van der Waals surface area (Å²) in [7, 11) is 0. The maximum absolute atomic E-state index is 6.42. The molecule has 0 spiro atoms. The van der Waals surface area contributed by atoms with Crippen molar-refractivity contribution in [2.75, 3.05) is 0 Å². The van der Waals surface area contributed by atoms with E-state index in [1.54, 1.807) is 0 Å². The SMILES string of the molecule is CCCCc1c(C)cc(C)c(CCCC)c1-c1cnn(-c2[c-]c(Oc3[c-]c4c(cc3)c3ccccc3n4-c3cc(C)ccn3)ccc2)c1.[Pt+2]. The number of hydrogen-bond acceptors (Lipinski definition) is 3. The third kappa shape index (κ3) is 6.87. The molecule has 3 heterocycles. The molecule has 4 aromatic carbocycles. The van der Waals surface area contributed by atoms with Crippen LogP contribution in [0.2, 0.25) is 0 Å². The number of pyridine rings is 1. The Morgan fingerprint density at radius 2 is 1.49 bits per heavy atom. The van der Waals surface area contributed by atoms with Gasteiger partial charge in [-0.1, -0.05) is 56.5 Å². The summed E-state index contributed by atoms with van der Waals surface area (Å²) in [4.78, 5) is 4.70. The molecule has 0 aliphatic rings. The summed E-state index contributed by atoms with van der Waals surface area (Å²) in [5.74, 6) is 2.08. The molecule has 0 N–H and O–H groups in total. The van der Waals surface area contributed by atoms with Crippen molar-refractivity contribution in [3.05, 3.63) is 131 Å². The number of aryl methyl sites for hydroxylation is 3. The molecule has 7 rings (SSSR count). The molecule has 0 unspecified atom stereocenters. The van der Waals surface area contributed by atoms with E-state index in [2.05, 4.69) is 100.0 Å². The Morgan fingerprint density at radius 1 is 0.755 bits per heavy atom. The van der Waals surface area contributed by atoms with Gasteiger partial charge < -0.3 is 9.30 Å².